The molecule has 7 heteroatoms. The van der Waals surface area contributed by atoms with Crippen LogP contribution in [-0.4, -0.2) is 20.8 Å². The van der Waals surface area contributed by atoms with Crippen molar-refractivity contribution < 1.29 is 5.11 Å². The van der Waals surface area contributed by atoms with Crippen LogP contribution in [0.4, 0.5) is 0 Å². The van der Waals surface area contributed by atoms with Gasteiger partial charge in [0.25, 0.3) is 5.56 Å². The van der Waals surface area contributed by atoms with Crippen molar-refractivity contribution in [3.05, 3.63) is 66.6 Å². The van der Waals surface area contributed by atoms with Crippen molar-refractivity contribution in [3.63, 3.8) is 0 Å². The standard InChI is InChI=1S/C17H17ClN2O3S/c1-11-10-24-16-14(11)15(22)19(8-9-21)17(23)20(16)7-6-12-4-2-3-5-13(12)18/h2-5,10,21H,6-9H2,1H3. The predicted octanol–water partition coefficient (Wildman–Crippen LogP) is 2.42. The smallest absolute Gasteiger partial charge is 0.332 e. The third kappa shape index (κ3) is 2.92. The van der Waals surface area contributed by atoms with Gasteiger partial charge in [-0.2, -0.15) is 0 Å². The van der Waals surface area contributed by atoms with Gasteiger partial charge in [0.2, 0.25) is 0 Å². The Balaban J connectivity index is 2.11. The molecule has 3 rings (SSSR count). The maximum atomic E-state index is 12.7. The van der Waals surface area contributed by atoms with E-state index in [1.165, 1.54) is 11.3 Å². The monoisotopic (exact) mass is 364 g/mol. The first-order chi connectivity index (χ1) is 11.5. The molecule has 0 bridgehead atoms. The Labute approximate surface area is 147 Å². The summed E-state index contributed by atoms with van der Waals surface area (Å²) in [6.45, 7) is 2.01. The van der Waals surface area contributed by atoms with E-state index in [0.29, 0.717) is 28.2 Å². The van der Waals surface area contributed by atoms with Gasteiger partial charge in [-0.3, -0.25) is 13.9 Å². The predicted molar refractivity (Wildman–Crippen MR) is 97.3 cm³/mol. The second kappa shape index (κ2) is 6.93. The molecular weight excluding hydrogens is 348 g/mol. The van der Waals surface area contributed by atoms with Crippen molar-refractivity contribution in [2.24, 2.45) is 0 Å². The van der Waals surface area contributed by atoms with Crippen LogP contribution in [0.3, 0.4) is 0 Å². The van der Waals surface area contributed by atoms with Gasteiger partial charge in [-0.1, -0.05) is 29.8 Å². The molecule has 0 aliphatic heterocycles. The van der Waals surface area contributed by atoms with Crippen molar-refractivity contribution in [2.45, 2.75) is 26.4 Å². The van der Waals surface area contributed by atoms with Crippen molar-refractivity contribution in [2.75, 3.05) is 6.61 Å². The summed E-state index contributed by atoms with van der Waals surface area (Å²) < 4.78 is 2.71. The average Bonchev–Trinajstić information content (AvgIpc) is 2.95. The van der Waals surface area contributed by atoms with Gasteiger partial charge >= 0.3 is 5.69 Å². The fraction of sp³-hybridized carbons (Fsp3) is 0.294. The van der Waals surface area contributed by atoms with Crippen LogP contribution in [0.2, 0.25) is 5.02 Å². The number of aryl methyl sites for hydroxylation is 3. The fourth-order valence-electron chi connectivity index (χ4n) is 2.77. The minimum absolute atomic E-state index is 0.00497. The Morgan fingerprint density at radius 3 is 2.62 bits per heavy atom. The summed E-state index contributed by atoms with van der Waals surface area (Å²) in [6.07, 6.45) is 0.586. The average molecular weight is 365 g/mol. The first kappa shape index (κ1) is 17.0. The molecule has 0 radical (unpaired) electrons. The number of aliphatic hydroxyl groups is 1. The largest absolute Gasteiger partial charge is 0.395 e. The highest BCUT2D eigenvalue weighted by Gasteiger charge is 2.16. The van der Waals surface area contributed by atoms with E-state index < -0.39 is 5.69 Å². The highest BCUT2D eigenvalue weighted by Crippen LogP contribution is 2.22. The molecular formula is C17H17ClN2O3S. The topological polar surface area (TPSA) is 64.2 Å². The lowest BCUT2D eigenvalue weighted by Crippen LogP contribution is -2.40. The zero-order valence-electron chi connectivity index (χ0n) is 13.2. The molecule has 0 aliphatic carbocycles. The van der Waals surface area contributed by atoms with Crippen LogP contribution in [0.1, 0.15) is 11.1 Å². The lowest BCUT2D eigenvalue weighted by Gasteiger charge is -2.12. The Bertz CT molecular complexity index is 1000. The highest BCUT2D eigenvalue weighted by molar-refractivity contribution is 7.17. The van der Waals surface area contributed by atoms with Crippen LogP contribution in [0.15, 0.2) is 39.2 Å². The molecule has 2 aromatic heterocycles. The first-order valence-electron chi connectivity index (χ1n) is 7.60. The minimum atomic E-state index is -0.393. The Hall–Kier alpha value is -1.89. The number of thiophene rings is 1. The third-order valence-electron chi connectivity index (χ3n) is 4.01. The fourth-order valence-corrected chi connectivity index (χ4v) is 4.07. The molecule has 5 nitrogen and oxygen atoms in total. The number of aliphatic hydroxyl groups excluding tert-OH is 1. The molecule has 3 aromatic rings. The number of fused-ring (bicyclic) bond motifs is 1. The molecule has 0 amide bonds. The van der Waals surface area contributed by atoms with E-state index in [4.69, 9.17) is 11.6 Å². The summed E-state index contributed by atoms with van der Waals surface area (Å²) in [5.74, 6) is 0. The zero-order valence-corrected chi connectivity index (χ0v) is 14.7. The summed E-state index contributed by atoms with van der Waals surface area (Å²) in [5, 5.41) is 12.3. The summed E-state index contributed by atoms with van der Waals surface area (Å²) in [4.78, 5) is 25.9. The van der Waals surface area contributed by atoms with Crippen LogP contribution in [-0.2, 0) is 19.5 Å². The van der Waals surface area contributed by atoms with Gasteiger partial charge in [0.15, 0.2) is 0 Å². The van der Waals surface area contributed by atoms with Crippen molar-refractivity contribution in [3.8, 4) is 0 Å². The molecule has 0 atom stereocenters. The molecule has 1 N–H and O–H groups in total. The van der Waals surface area contributed by atoms with E-state index in [0.717, 1.165) is 15.7 Å². The Morgan fingerprint density at radius 2 is 1.92 bits per heavy atom. The lowest BCUT2D eigenvalue weighted by atomic mass is 10.1. The first-order valence-corrected chi connectivity index (χ1v) is 8.86. The van der Waals surface area contributed by atoms with Gasteiger partial charge in [-0.25, -0.2) is 4.79 Å². The number of rotatable bonds is 5. The van der Waals surface area contributed by atoms with Crippen molar-refractivity contribution in [1.82, 2.24) is 9.13 Å². The van der Waals surface area contributed by atoms with Gasteiger partial charge in [0, 0.05) is 11.6 Å². The van der Waals surface area contributed by atoms with Gasteiger partial charge in [0.1, 0.15) is 4.83 Å². The molecule has 0 saturated heterocycles. The van der Waals surface area contributed by atoms with Crippen molar-refractivity contribution in [1.29, 1.82) is 0 Å². The van der Waals surface area contributed by atoms with E-state index >= 15 is 0 Å². The Kier molecular flexibility index (Phi) is 4.89. The maximum Gasteiger partial charge on any atom is 0.332 e. The second-order valence-electron chi connectivity index (χ2n) is 5.55. The number of nitrogens with zero attached hydrogens (tertiary/aromatic N) is 2. The molecule has 2 heterocycles. The summed E-state index contributed by atoms with van der Waals surface area (Å²) in [6, 6.07) is 7.51. The summed E-state index contributed by atoms with van der Waals surface area (Å²) in [5.41, 5.74) is 1.07. The quantitative estimate of drug-likeness (QED) is 0.756. The van der Waals surface area contributed by atoms with Crippen LogP contribution >= 0.6 is 22.9 Å². The molecule has 24 heavy (non-hydrogen) atoms. The molecule has 0 fully saturated rings. The van der Waals surface area contributed by atoms with Gasteiger partial charge in [-0.05, 0) is 35.9 Å². The van der Waals surface area contributed by atoms with Crippen LogP contribution in [0.5, 0.6) is 0 Å². The molecule has 0 unspecified atom stereocenters. The molecule has 0 saturated carbocycles. The van der Waals surface area contributed by atoms with Gasteiger partial charge in [-0.15, -0.1) is 11.3 Å². The van der Waals surface area contributed by atoms with E-state index in [1.54, 1.807) is 4.57 Å². The second-order valence-corrected chi connectivity index (χ2v) is 6.82. The van der Waals surface area contributed by atoms with Gasteiger partial charge < -0.3 is 5.11 Å². The van der Waals surface area contributed by atoms with Crippen LogP contribution < -0.4 is 11.2 Å². The molecule has 0 aliphatic rings. The number of benzene rings is 1. The van der Waals surface area contributed by atoms with E-state index in [9.17, 15) is 14.7 Å². The normalized spacial score (nSPS) is 11.3. The SMILES string of the molecule is Cc1csc2c1c(=O)n(CCO)c(=O)n2CCc1ccccc1Cl. The maximum absolute atomic E-state index is 12.7. The lowest BCUT2D eigenvalue weighted by molar-refractivity contribution is 0.270. The Morgan fingerprint density at radius 1 is 1.17 bits per heavy atom. The van der Waals surface area contributed by atoms with E-state index in [2.05, 4.69) is 0 Å². The van der Waals surface area contributed by atoms with Gasteiger partial charge in [0.05, 0.1) is 18.5 Å². The molecule has 0 spiro atoms. The highest BCUT2D eigenvalue weighted by atomic mass is 35.5. The van der Waals surface area contributed by atoms with E-state index in [-0.39, 0.29) is 18.7 Å². The molecule has 1 aromatic carbocycles. The number of hydrogen-bond acceptors (Lipinski definition) is 4. The summed E-state index contributed by atoms with van der Waals surface area (Å²) in [7, 11) is 0. The molecule has 126 valence electrons. The number of aromatic nitrogens is 2. The van der Waals surface area contributed by atoms with Crippen molar-refractivity contribution >= 4 is 33.2 Å². The minimum Gasteiger partial charge on any atom is -0.395 e. The number of halogens is 1. The van der Waals surface area contributed by atoms with Crippen LogP contribution in [0.25, 0.3) is 10.2 Å². The zero-order chi connectivity index (χ0) is 17.3. The van der Waals surface area contributed by atoms with Crippen LogP contribution in [0, 0.1) is 6.92 Å². The number of hydrogen-bond donors (Lipinski definition) is 1. The third-order valence-corrected chi connectivity index (χ3v) is 5.50. The summed E-state index contributed by atoms with van der Waals surface area (Å²) >= 11 is 7.57. The van der Waals surface area contributed by atoms with E-state index in [1.807, 2.05) is 36.6 Å².